The molecule has 21 heavy (non-hydrogen) atoms. The first-order chi connectivity index (χ1) is 10.1. The molecule has 0 aliphatic rings. The summed E-state index contributed by atoms with van der Waals surface area (Å²) in [6.07, 6.45) is 1.69. The number of imidazole rings is 1. The third kappa shape index (κ3) is 2.35. The maximum absolute atomic E-state index is 11.4. The molecule has 1 unspecified atom stereocenters. The van der Waals surface area contributed by atoms with Gasteiger partial charge in [0.2, 0.25) is 0 Å². The molecule has 0 spiro atoms. The second-order valence-electron chi connectivity index (χ2n) is 4.97. The van der Waals surface area contributed by atoms with Gasteiger partial charge in [0.1, 0.15) is 5.82 Å². The molecule has 3 aromatic rings. The van der Waals surface area contributed by atoms with Crippen LogP contribution < -0.4 is 0 Å². The molecule has 1 aromatic heterocycles. The lowest BCUT2D eigenvalue weighted by Gasteiger charge is -2.28. The number of nitrogens with one attached hydrogen (secondary N) is 1. The molecular weight excluding hydrogens is 284 g/mol. The Labute approximate surface area is 128 Å². The van der Waals surface area contributed by atoms with Gasteiger partial charge in [0, 0.05) is 22.5 Å². The van der Waals surface area contributed by atoms with Crippen LogP contribution in [0.1, 0.15) is 22.6 Å². The van der Waals surface area contributed by atoms with Gasteiger partial charge in [0.15, 0.2) is 5.60 Å². The van der Waals surface area contributed by atoms with Crippen molar-refractivity contribution < 1.29 is 5.11 Å². The van der Waals surface area contributed by atoms with Crippen molar-refractivity contribution in [2.75, 3.05) is 0 Å². The van der Waals surface area contributed by atoms with E-state index in [1.165, 1.54) is 0 Å². The maximum atomic E-state index is 11.4. The van der Waals surface area contributed by atoms with Gasteiger partial charge in [-0.15, -0.1) is 0 Å². The number of aromatic nitrogens is 2. The van der Waals surface area contributed by atoms with Gasteiger partial charge in [-0.25, -0.2) is 4.98 Å². The van der Waals surface area contributed by atoms with Gasteiger partial charge in [-0.1, -0.05) is 60.1 Å². The van der Waals surface area contributed by atoms with Gasteiger partial charge in [0.25, 0.3) is 0 Å². The van der Waals surface area contributed by atoms with Gasteiger partial charge in [-0.3, -0.25) is 0 Å². The minimum Gasteiger partial charge on any atom is -0.373 e. The molecule has 1 atom stereocenters. The van der Waals surface area contributed by atoms with Gasteiger partial charge >= 0.3 is 0 Å². The molecule has 0 bridgehead atoms. The summed E-state index contributed by atoms with van der Waals surface area (Å²) in [5.41, 5.74) is 0.791. The van der Waals surface area contributed by atoms with E-state index >= 15 is 0 Å². The molecule has 2 N–H and O–H groups in total. The highest BCUT2D eigenvalue weighted by Gasteiger charge is 2.38. The molecule has 3 nitrogen and oxygen atoms in total. The molecule has 0 amide bonds. The first-order valence-electron chi connectivity index (χ1n) is 6.67. The molecule has 0 aliphatic carbocycles. The molecule has 0 saturated carbocycles. The van der Waals surface area contributed by atoms with E-state index in [9.17, 15) is 5.11 Å². The smallest absolute Gasteiger partial charge is 0.174 e. The fourth-order valence-corrected chi connectivity index (χ4v) is 2.72. The van der Waals surface area contributed by atoms with Crippen LogP contribution >= 0.6 is 11.6 Å². The summed E-state index contributed by atoms with van der Waals surface area (Å²) >= 11 is 6.31. The molecule has 3 rings (SSSR count). The summed E-state index contributed by atoms with van der Waals surface area (Å²) in [4.78, 5) is 7.44. The van der Waals surface area contributed by atoms with Crippen molar-refractivity contribution >= 4 is 11.6 Å². The summed E-state index contributed by atoms with van der Waals surface area (Å²) < 4.78 is 0. The van der Waals surface area contributed by atoms with Crippen molar-refractivity contribution in [3.63, 3.8) is 0 Å². The Morgan fingerprint density at radius 2 is 1.71 bits per heavy atom. The highest BCUT2D eigenvalue weighted by atomic mass is 35.5. The Bertz CT molecular complexity index is 754. The molecule has 0 radical (unpaired) electrons. The zero-order chi connectivity index (χ0) is 14.9. The van der Waals surface area contributed by atoms with E-state index in [-0.39, 0.29) is 0 Å². The van der Waals surface area contributed by atoms with Gasteiger partial charge < -0.3 is 10.1 Å². The summed E-state index contributed by atoms with van der Waals surface area (Å²) in [7, 11) is 0. The lowest BCUT2D eigenvalue weighted by molar-refractivity contribution is 0.116. The predicted molar refractivity (Wildman–Crippen MR) is 83.3 cm³/mol. The van der Waals surface area contributed by atoms with E-state index in [1.807, 2.05) is 55.5 Å². The Kier molecular flexibility index (Phi) is 3.53. The number of rotatable bonds is 3. The largest absolute Gasteiger partial charge is 0.373 e. The average Bonchev–Trinajstić information content (AvgIpc) is 2.95. The maximum Gasteiger partial charge on any atom is 0.174 e. The Morgan fingerprint density at radius 1 is 1.05 bits per heavy atom. The third-order valence-electron chi connectivity index (χ3n) is 3.50. The van der Waals surface area contributed by atoms with Crippen LogP contribution in [0.3, 0.4) is 0 Å². The normalized spacial score (nSPS) is 13.9. The van der Waals surface area contributed by atoms with Crippen LogP contribution in [0.5, 0.6) is 0 Å². The molecule has 2 aromatic carbocycles. The van der Waals surface area contributed by atoms with Crippen LogP contribution in [0, 0.1) is 6.92 Å². The van der Waals surface area contributed by atoms with E-state index in [0.29, 0.717) is 22.0 Å². The second-order valence-corrected chi connectivity index (χ2v) is 5.38. The topological polar surface area (TPSA) is 48.9 Å². The zero-order valence-corrected chi connectivity index (χ0v) is 12.3. The first-order valence-corrected chi connectivity index (χ1v) is 7.05. The van der Waals surface area contributed by atoms with Crippen LogP contribution in [-0.4, -0.2) is 15.1 Å². The van der Waals surface area contributed by atoms with Gasteiger partial charge in [0.05, 0.1) is 0 Å². The summed E-state index contributed by atoms with van der Waals surface area (Å²) in [5.74, 6) is 0.458. The minimum atomic E-state index is -1.41. The summed E-state index contributed by atoms with van der Waals surface area (Å²) in [6, 6.07) is 16.7. The number of hydrogen-bond donors (Lipinski definition) is 2. The number of benzene rings is 2. The quantitative estimate of drug-likeness (QED) is 0.775. The molecule has 4 heteroatoms. The van der Waals surface area contributed by atoms with E-state index in [4.69, 9.17) is 11.6 Å². The molecular formula is C17H15ClN2O. The number of aromatic amines is 1. The number of hydrogen-bond acceptors (Lipinski definition) is 2. The lowest BCUT2D eigenvalue weighted by atomic mass is 9.85. The van der Waals surface area contributed by atoms with Crippen molar-refractivity contribution in [2.24, 2.45) is 0 Å². The number of H-pyrrole nitrogens is 1. The SMILES string of the molecule is Cc1cnc(C(O)(c2ccccc2)c2ccccc2Cl)[nH]1. The van der Waals surface area contributed by atoms with E-state index in [2.05, 4.69) is 9.97 Å². The number of nitrogens with zero attached hydrogens (tertiary/aromatic N) is 1. The van der Waals surface area contributed by atoms with Crippen molar-refractivity contribution in [2.45, 2.75) is 12.5 Å². The monoisotopic (exact) mass is 298 g/mol. The molecule has 106 valence electrons. The van der Waals surface area contributed by atoms with E-state index < -0.39 is 5.60 Å². The number of aryl methyl sites for hydroxylation is 1. The number of halogens is 1. The van der Waals surface area contributed by atoms with Crippen LogP contribution in [-0.2, 0) is 5.60 Å². The first kappa shape index (κ1) is 13.9. The fourth-order valence-electron chi connectivity index (χ4n) is 2.45. The number of aliphatic hydroxyl groups is 1. The van der Waals surface area contributed by atoms with Crippen LogP contribution in [0.4, 0.5) is 0 Å². The van der Waals surface area contributed by atoms with Gasteiger partial charge in [-0.2, -0.15) is 0 Å². The molecule has 0 fully saturated rings. The van der Waals surface area contributed by atoms with Crippen molar-refractivity contribution in [3.8, 4) is 0 Å². The van der Waals surface area contributed by atoms with E-state index in [1.54, 1.807) is 12.3 Å². The van der Waals surface area contributed by atoms with Crippen LogP contribution in [0.25, 0.3) is 0 Å². The van der Waals surface area contributed by atoms with E-state index in [0.717, 1.165) is 5.69 Å². The zero-order valence-electron chi connectivity index (χ0n) is 11.5. The summed E-state index contributed by atoms with van der Waals surface area (Å²) in [5, 5.41) is 11.9. The lowest BCUT2D eigenvalue weighted by Crippen LogP contribution is -2.30. The fraction of sp³-hybridized carbons (Fsp3) is 0.118. The third-order valence-corrected chi connectivity index (χ3v) is 3.83. The van der Waals surface area contributed by atoms with Crippen molar-refractivity contribution in [1.29, 1.82) is 0 Å². The standard InChI is InChI=1S/C17H15ClN2O/c1-12-11-19-16(20-12)17(21,13-7-3-2-4-8-13)14-9-5-6-10-15(14)18/h2-11,21H,1H3,(H,19,20). The van der Waals surface area contributed by atoms with Crippen molar-refractivity contribution in [1.82, 2.24) is 9.97 Å². The molecule has 0 saturated heterocycles. The Morgan fingerprint density at radius 3 is 2.33 bits per heavy atom. The van der Waals surface area contributed by atoms with Gasteiger partial charge in [-0.05, 0) is 18.6 Å². The van der Waals surface area contributed by atoms with Crippen LogP contribution in [0.2, 0.25) is 5.02 Å². The predicted octanol–water partition coefficient (Wildman–Crippen LogP) is 3.66. The summed E-state index contributed by atoms with van der Waals surface area (Å²) in [6.45, 7) is 1.90. The highest BCUT2D eigenvalue weighted by molar-refractivity contribution is 6.31. The molecule has 0 aliphatic heterocycles. The highest BCUT2D eigenvalue weighted by Crippen LogP contribution is 2.38. The minimum absolute atomic E-state index is 0.458. The van der Waals surface area contributed by atoms with Crippen molar-refractivity contribution in [3.05, 3.63) is 88.5 Å². The Hall–Kier alpha value is -2.10. The second kappa shape index (κ2) is 5.35. The molecule has 1 heterocycles. The average molecular weight is 299 g/mol. The Balaban J connectivity index is 2.28. The van der Waals surface area contributed by atoms with Crippen LogP contribution in [0.15, 0.2) is 60.8 Å².